The Labute approximate surface area is 209 Å². The highest BCUT2D eigenvalue weighted by Gasteiger charge is 2.51. The molecule has 0 saturated carbocycles. The number of benzene rings is 2. The van der Waals surface area contributed by atoms with Crippen molar-refractivity contribution >= 4 is 41.9 Å². The molecule has 4 amide bonds. The first-order valence-corrected chi connectivity index (χ1v) is 12.0. The molecule has 10 heteroatoms. The van der Waals surface area contributed by atoms with E-state index in [1.54, 1.807) is 36.4 Å². The lowest BCUT2D eigenvalue weighted by Gasteiger charge is -2.32. The molecule has 2 aromatic carbocycles. The Kier molecular flexibility index (Phi) is 5.76. The Morgan fingerprint density at radius 3 is 2.47 bits per heavy atom. The van der Waals surface area contributed by atoms with Gasteiger partial charge in [-0.25, -0.2) is 0 Å². The monoisotopic (exact) mass is 489 g/mol. The van der Waals surface area contributed by atoms with Crippen molar-refractivity contribution in [1.82, 2.24) is 10.2 Å². The summed E-state index contributed by atoms with van der Waals surface area (Å²) in [5.74, 6) is -1.41. The number of hydrogen-bond donors (Lipinski definition) is 2. The van der Waals surface area contributed by atoms with E-state index >= 15 is 0 Å². The number of anilines is 1. The Morgan fingerprint density at radius 1 is 1.06 bits per heavy atom. The van der Waals surface area contributed by atoms with Gasteiger partial charge in [-0.3, -0.25) is 24.5 Å². The van der Waals surface area contributed by atoms with Gasteiger partial charge >= 0.3 is 7.12 Å². The summed E-state index contributed by atoms with van der Waals surface area (Å²) >= 11 is 0. The number of piperidine rings is 1. The Morgan fingerprint density at radius 2 is 1.78 bits per heavy atom. The lowest BCUT2D eigenvalue weighted by molar-refractivity contribution is -0.136. The summed E-state index contributed by atoms with van der Waals surface area (Å²) in [6.07, 6.45) is 0.496. The minimum atomic E-state index is -0.682. The van der Waals surface area contributed by atoms with Crippen LogP contribution in [0.4, 0.5) is 5.69 Å². The van der Waals surface area contributed by atoms with E-state index in [0.29, 0.717) is 23.2 Å². The molecule has 3 aliphatic rings. The molecule has 3 heterocycles. The third-order valence-electron chi connectivity index (χ3n) is 7.46. The van der Waals surface area contributed by atoms with E-state index < -0.39 is 30.3 Å². The number of rotatable bonds is 4. The third kappa shape index (κ3) is 4.20. The predicted molar refractivity (Wildman–Crippen MR) is 133 cm³/mol. The smallest absolute Gasteiger partial charge is 0.399 e. The molecule has 2 saturated heterocycles. The first-order chi connectivity index (χ1) is 16.9. The van der Waals surface area contributed by atoms with Crippen LogP contribution < -0.4 is 16.1 Å². The van der Waals surface area contributed by atoms with Gasteiger partial charge in [-0.05, 0) is 69.4 Å². The summed E-state index contributed by atoms with van der Waals surface area (Å²) in [4.78, 5) is 51.3. The van der Waals surface area contributed by atoms with Crippen LogP contribution in [0.1, 0.15) is 66.8 Å². The molecule has 1 unspecified atom stereocenters. The van der Waals surface area contributed by atoms with E-state index in [1.165, 1.54) is 4.90 Å². The van der Waals surface area contributed by atoms with Gasteiger partial charge in [-0.2, -0.15) is 0 Å². The van der Waals surface area contributed by atoms with Crippen LogP contribution in [0.15, 0.2) is 42.5 Å². The van der Waals surface area contributed by atoms with Crippen LogP contribution in [0.25, 0.3) is 0 Å². The molecule has 9 nitrogen and oxygen atoms in total. The van der Waals surface area contributed by atoms with E-state index in [-0.39, 0.29) is 30.7 Å². The molecule has 36 heavy (non-hydrogen) atoms. The number of amides is 4. The van der Waals surface area contributed by atoms with E-state index in [4.69, 9.17) is 9.31 Å². The second-order valence-electron chi connectivity index (χ2n) is 10.4. The first kappa shape index (κ1) is 24.2. The average Bonchev–Trinajstić information content (AvgIpc) is 3.25. The van der Waals surface area contributed by atoms with Crippen LogP contribution >= 0.6 is 0 Å². The fourth-order valence-electron chi connectivity index (χ4n) is 4.64. The number of nitrogens with zero attached hydrogens (tertiary/aromatic N) is 1. The average molecular weight is 489 g/mol. The molecule has 1 atom stereocenters. The van der Waals surface area contributed by atoms with Crippen LogP contribution in [-0.4, -0.2) is 52.9 Å². The topological polar surface area (TPSA) is 114 Å². The van der Waals surface area contributed by atoms with Crippen LogP contribution in [0.3, 0.4) is 0 Å². The van der Waals surface area contributed by atoms with Crippen molar-refractivity contribution in [1.29, 1.82) is 0 Å². The molecule has 0 aliphatic carbocycles. The van der Waals surface area contributed by atoms with Gasteiger partial charge < -0.3 is 19.5 Å². The summed E-state index contributed by atoms with van der Waals surface area (Å²) in [6.45, 7) is 8.17. The van der Waals surface area contributed by atoms with Crippen molar-refractivity contribution in [2.75, 3.05) is 5.32 Å². The van der Waals surface area contributed by atoms with Crippen molar-refractivity contribution < 1.29 is 28.5 Å². The van der Waals surface area contributed by atoms with Crippen molar-refractivity contribution in [3.63, 3.8) is 0 Å². The van der Waals surface area contributed by atoms with Gasteiger partial charge in [0, 0.05) is 29.8 Å². The SMILES string of the molecule is CC1(C)OB(c2cccc(C(=O)Nc3ccc4c(c3)C(=O)N(C3CCC(=O)NC3=O)C4)c2)OC1(C)C. The zero-order chi connectivity index (χ0) is 25.8. The minimum absolute atomic E-state index is 0.197. The zero-order valence-corrected chi connectivity index (χ0v) is 20.7. The number of carbonyl (C=O) groups excluding carboxylic acids is 4. The molecule has 2 aromatic rings. The van der Waals surface area contributed by atoms with Crippen molar-refractivity contribution in [3.05, 3.63) is 59.2 Å². The van der Waals surface area contributed by atoms with Crippen molar-refractivity contribution in [3.8, 4) is 0 Å². The van der Waals surface area contributed by atoms with Crippen LogP contribution in [0.5, 0.6) is 0 Å². The number of hydrogen-bond acceptors (Lipinski definition) is 6. The van der Waals surface area contributed by atoms with Gasteiger partial charge in [-0.1, -0.05) is 18.2 Å². The van der Waals surface area contributed by atoms with Crippen molar-refractivity contribution in [2.45, 2.75) is 64.3 Å². The summed E-state index contributed by atoms with van der Waals surface area (Å²) in [5, 5.41) is 5.15. The lowest BCUT2D eigenvalue weighted by atomic mass is 9.78. The maximum Gasteiger partial charge on any atom is 0.494 e. The normalized spacial score (nSPS) is 22.4. The highest BCUT2D eigenvalue weighted by molar-refractivity contribution is 6.62. The van der Waals surface area contributed by atoms with E-state index in [9.17, 15) is 19.2 Å². The number of imide groups is 1. The van der Waals surface area contributed by atoms with E-state index in [1.807, 2.05) is 33.8 Å². The highest BCUT2D eigenvalue weighted by atomic mass is 16.7. The number of fused-ring (bicyclic) bond motifs is 1. The molecule has 2 fully saturated rings. The number of nitrogens with one attached hydrogen (secondary N) is 2. The summed E-state index contributed by atoms with van der Waals surface area (Å²) < 4.78 is 12.2. The molecular weight excluding hydrogens is 461 g/mol. The minimum Gasteiger partial charge on any atom is -0.399 e. The van der Waals surface area contributed by atoms with Gasteiger partial charge in [0.25, 0.3) is 11.8 Å². The second kappa shape index (κ2) is 8.57. The summed E-state index contributed by atoms with van der Waals surface area (Å²) in [5.41, 5.74) is 1.86. The summed E-state index contributed by atoms with van der Waals surface area (Å²) in [6, 6.07) is 11.5. The largest absolute Gasteiger partial charge is 0.494 e. The standard InChI is InChI=1S/C26H28BN3O6/c1-25(2)26(3,4)36-27(35-25)17-7-5-6-15(12-17)22(32)28-18-9-8-16-14-30(24(34)19(16)13-18)20-10-11-21(31)29-23(20)33/h5-9,12-13,20H,10-11,14H2,1-4H3,(H,28,32)(H,29,31,33). The van der Waals surface area contributed by atoms with Crippen LogP contribution in [0.2, 0.25) is 0 Å². The Bertz CT molecular complexity index is 1270. The van der Waals surface area contributed by atoms with Gasteiger partial charge in [0.15, 0.2) is 0 Å². The molecule has 2 N–H and O–H groups in total. The molecular formula is C26H28BN3O6. The Balaban J connectivity index is 1.30. The summed E-state index contributed by atoms with van der Waals surface area (Å²) in [7, 11) is -0.585. The van der Waals surface area contributed by atoms with Gasteiger partial charge in [-0.15, -0.1) is 0 Å². The first-order valence-electron chi connectivity index (χ1n) is 12.0. The molecule has 0 spiro atoms. The quantitative estimate of drug-likeness (QED) is 0.502. The van der Waals surface area contributed by atoms with Gasteiger partial charge in [0.2, 0.25) is 11.8 Å². The van der Waals surface area contributed by atoms with Gasteiger partial charge in [0.05, 0.1) is 11.2 Å². The molecule has 0 aromatic heterocycles. The zero-order valence-electron chi connectivity index (χ0n) is 20.7. The van der Waals surface area contributed by atoms with Gasteiger partial charge in [0.1, 0.15) is 6.04 Å². The second-order valence-corrected chi connectivity index (χ2v) is 10.4. The Hall–Kier alpha value is -3.50. The third-order valence-corrected chi connectivity index (χ3v) is 7.46. The molecule has 5 rings (SSSR count). The molecule has 186 valence electrons. The lowest BCUT2D eigenvalue weighted by Crippen LogP contribution is -2.52. The molecule has 3 aliphatic heterocycles. The van der Waals surface area contributed by atoms with Crippen LogP contribution in [-0.2, 0) is 25.4 Å². The molecule has 0 bridgehead atoms. The maximum absolute atomic E-state index is 13.0. The molecule has 0 radical (unpaired) electrons. The number of carbonyl (C=O) groups is 4. The van der Waals surface area contributed by atoms with Crippen LogP contribution in [0, 0.1) is 0 Å². The highest BCUT2D eigenvalue weighted by Crippen LogP contribution is 2.36. The van der Waals surface area contributed by atoms with E-state index in [0.717, 1.165) is 11.0 Å². The maximum atomic E-state index is 13.0. The fraction of sp³-hybridized carbons (Fsp3) is 0.385. The fourth-order valence-corrected chi connectivity index (χ4v) is 4.64. The predicted octanol–water partition coefficient (Wildman–Crippen LogP) is 2.00. The van der Waals surface area contributed by atoms with E-state index in [2.05, 4.69) is 10.6 Å². The van der Waals surface area contributed by atoms with Crippen molar-refractivity contribution in [2.24, 2.45) is 0 Å².